The Morgan fingerprint density at radius 1 is 0.923 bits per heavy atom. The van der Waals surface area contributed by atoms with Gasteiger partial charge in [-0.05, 0) is 123 Å². The number of hydrogen-bond acceptors (Lipinski definition) is 4. The van der Waals surface area contributed by atoms with E-state index in [1.165, 1.54) is 58.3 Å². The van der Waals surface area contributed by atoms with Gasteiger partial charge >= 0.3 is 5.97 Å². The molecule has 5 heteroatoms. The Hall–Kier alpha value is -1.88. The molecule has 5 aliphatic rings. The van der Waals surface area contributed by atoms with Crippen molar-refractivity contribution in [1.29, 1.82) is 0 Å². The predicted molar refractivity (Wildman–Crippen MR) is 153 cm³/mol. The molecule has 5 nitrogen and oxygen atoms in total. The van der Waals surface area contributed by atoms with Crippen LogP contribution in [0.25, 0.3) is 0 Å². The van der Waals surface area contributed by atoms with Gasteiger partial charge in [-0.3, -0.25) is 4.79 Å². The van der Waals surface area contributed by atoms with Crippen LogP contribution >= 0.6 is 0 Å². The summed E-state index contributed by atoms with van der Waals surface area (Å²) in [5.41, 5.74) is 1.82. The fraction of sp³-hybridized carbons (Fsp3) is 0.765. The highest BCUT2D eigenvalue weighted by atomic mass is 16.5. The second-order valence-electron chi connectivity index (χ2n) is 14.7. The van der Waals surface area contributed by atoms with E-state index in [1.807, 2.05) is 12.1 Å². The minimum atomic E-state index is -0.322. The number of amides is 1. The van der Waals surface area contributed by atoms with Gasteiger partial charge in [0.15, 0.2) is 0 Å². The maximum absolute atomic E-state index is 13.2. The molecule has 0 aliphatic heterocycles. The van der Waals surface area contributed by atoms with Gasteiger partial charge < -0.3 is 15.2 Å². The molecule has 1 aromatic carbocycles. The quantitative estimate of drug-likeness (QED) is 0.399. The van der Waals surface area contributed by atoms with E-state index < -0.39 is 0 Å². The molecule has 5 fully saturated rings. The number of rotatable bonds is 4. The number of para-hydroxylation sites is 1. The standard InChI is InChI=1S/C34H49NO4/c1-21-25-13-17-33(4)26-14-19-34(20-39-31(38)24-8-5-6-10-28(24)35-22(2)36)16-7-9-27(34)23(26)11-12-30(33)32(25,3)18-15-29(21)37/h5-6,8,10,21,23,25-27,29-30,37H,7,9,11-20H2,1-4H3,(H,35,36). The van der Waals surface area contributed by atoms with Crippen LogP contribution in [0.2, 0.25) is 0 Å². The Labute approximate surface area is 234 Å². The van der Waals surface area contributed by atoms with Crippen LogP contribution in [0.4, 0.5) is 5.69 Å². The highest BCUT2D eigenvalue weighted by Crippen LogP contribution is 2.71. The summed E-state index contributed by atoms with van der Waals surface area (Å²) in [6.07, 6.45) is 13.3. The first-order valence-corrected chi connectivity index (χ1v) is 15.8. The molecule has 214 valence electrons. The molecule has 6 rings (SSSR count). The number of aliphatic hydroxyl groups is 1. The van der Waals surface area contributed by atoms with Crippen LogP contribution in [0.1, 0.15) is 109 Å². The molecule has 5 aliphatic carbocycles. The number of anilines is 1. The molecule has 5 saturated carbocycles. The van der Waals surface area contributed by atoms with Crippen molar-refractivity contribution in [1.82, 2.24) is 0 Å². The molecule has 2 N–H and O–H groups in total. The molecule has 10 atom stereocenters. The van der Waals surface area contributed by atoms with E-state index in [2.05, 4.69) is 26.1 Å². The van der Waals surface area contributed by atoms with Gasteiger partial charge in [0.2, 0.25) is 5.91 Å². The maximum Gasteiger partial charge on any atom is 0.340 e. The highest BCUT2D eigenvalue weighted by molar-refractivity contribution is 6.00. The van der Waals surface area contributed by atoms with Crippen LogP contribution in [-0.4, -0.2) is 29.7 Å². The summed E-state index contributed by atoms with van der Waals surface area (Å²) in [5.74, 6) is 3.48. The van der Waals surface area contributed by atoms with Crippen molar-refractivity contribution in [2.75, 3.05) is 11.9 Å². The van der Waals surface area contributed by atoms with Crippen molar-refractivity contribution >= 4 is 17.6 Å². The third-order valence-corrected chi connectivity index (χ3v) is 13.2. The number of nitrogens with one attached hydrogen (secondary N) is 1. The molecule has 0 spiro atoms. The van der Waals surface area contributed by atoms with Crippen LogP contribution in [-0.2, 0) is 9.53 Å². The monoisotopic (exact) mass is 535 g/mol. The van der Waals surface area contributed by atoms with E-state index in [4.69, 9.17) is 4.74 Å². The lowest BCUT2D eigenvalue weighted by molar-refractivity contribution is -0.197. The number of hydrogen-bond donors (Lipinski definition) is 2. The van der Waals surface area contributed by atoms with Crippen molar-refractivity contribution < 1.29 is 19.4 Å². The maximum atomic E-state index is 13.2. The Morgan fingerprint density at radius 2 is 1.64 bits per heavy atom. The van der Waals surface area contributed by atoms with E-state index in [9.17, 15) is 14.7 Å². The van der Waals surface area contributed by atoms with Gasteiger partial charge in [0.05, 0.1) is 24.0 Å². The summed E-state index contributed by atoms with van der Waals surface area (Å²) in [7, 11) is 0. The lowest BCUT2D eigenvalue weighted by atomic mass is 9.37. The second kappa shape index (κ2) is 9.89. The van der Waals surface area contributed by atoms with Crippen molar-refractivity contribution in [3.63, 3.8) is 0 Å². The van der Waals surface area contributed by atoms with E-state index in [1.54, 1.807) is 12.1 Å². The molecule has 1 aromatic rings. The number of fused-ring (bicyclic) bond motifs is 7. The zero-order chi connectivity index (χ0) is 27.6. The van der Waals surface area contributed by atoms with Crippen molar-refractivity contribution in [3.05, 3.63) is 29.8 Å². The van der Waals surface area contributed by atoms with Gasteiger partial charge in [-0.1, -0.05) is 39.3 Å². The van der Waals surface area contributed by atoms with Crippen LogP contribution in [0.3, 0.4) is 0 Å². The third-order valence-electron chi connectivity index (χ3n) is 13.2. The molecule has 1 amide bonds. The van der Waals surface area contributed by atoms with Crippen LogP contribution in [0, 0.1) is 51.8 Å². The van der Waals surface area contributed by atoms with Gasteiger partial charge in [0, 0.05) is 12.3 Å². The lowest BCUT2D eigenvalue weighted by Crippen LogP contribution is -2.61. The number of carbonyl (C=O) groups is 2. The van der Waals surface area contributed by atoms with E-state index >= 15 is 0 Å². The fourth-order valence-corrected chi connectivity index (χ4v) is 11.5. The second-order valence-corrected chi connectivity index (χ2v) is 14.7. The zero-order valence-corrected chi connectivity index (χ0v) is 24.5. The van der Waals surface area contributed by atoms with E-state index in [-0.39, 0.29) is 23.4 Å². The molecular formula is C34H49NO4. The predicted octanol–water partition coefficient (Wildman–Crippen LogP) is 7.24. The summed E-state index contributed by atoms with van der Waals surface area (Å²) < 4.78 is 6.10. The number of ether oxygens (including phenoxy) is 1. The number of esters is 1. The minimum absolute atomic E-state index is 0.105. The molecular weight excluding hydrogens is 486 g/mol. The Kier molecular flexibility index (Phi) is 6.92. The average Bonchev–Trinajstić information content (AvgIpc) is 3.34. The van der Waals surface area contributed by atoms with E-state index in [0.717, 1.165) is 37.0 Å². The van der Waals surface area contributed by atoms with Gasteiger partial charge in [-0.2, -0.15) is 0 Å². The van der Waals surface area contributed by atoms with Crippen LogP contribution in [0.15, 0.2) is 24.3 Å². The Balaban J connectivity index is 1.19. The minimum Gasteiger partial charge on any atom is -0.461 e. The molecule has 0 saturated heterocycles. The zero-order valence-electron chi connectivity index (χ0n) is 24.5. The van der Waals surface area contributed by atoms with Crippen LogP contribution in [0.5, 0.6) is 0 Å². The largest absolute Gasteiger partial charge is 0.461 e. The number of aliphatic hydroxyl groups excluding tert-OH is 1. The highest BCUT2D eigenvalue weighted by Gasteiger charge is 2.64. The van der Waals surface area contributed by atoms with Gasteiger partial charge in [0.1, 0.15) is 0 Å². The molecule has 0 bridgehead atoms. The molecule has 0 radical (unpaired) electrons. The first-order valence-electron chi connectivity index (χ1n) is 15.8. The lowest BCUT2D eigenvalue weighted by Gasteiger charge is -2.67. The van der Waals surface area contributed by atoms with E-state index in [0.29, 0.717) is 46.4 Å². The summed E-state index contributed by atoms with van der Waals surface area (Å²) in [6.45, 7) is 9.51. The van der Waals surface area contributed by atoms with Crippen molar-refractivity contribution in [2.24, 2.45) is 51.8 Å². The molecule has 0 aromatic heterocycles. The average molecular weight is 536 g/mol. The summed E-state index contributed by atoms with van der Waals surface area (Å²) in [4.78, 5) is 24.9. The first-order chi connectivity index (χ1) is 18.6. The summed E-state index contributed by atoms with van der Waals surface area (Å²) >= 11 is 0. The normalized spacial score (nSPS) is 44.8. The summed E-state index contributed by atoms with van der Waals surface area (Å²) in [5, 5.41) is 13.5. The Morgan fingerprint density at radius 3 is 2.44 bits per heavy atom. The van der Waals surface area contributed by atoms with Gasteiger partial charge in [-0.15, -0.1) is 0 Å². The number of carbonyl (C=O) groups excluding carboxylic acids is 2. The first kappa shape index (κ1) is 27.3. The Bertz CT molecular complexity index is 1120. The van der Waals surface area contributed by atoms with Crippen molar-refractivity contribution in [2.45, 2.75) is 104 Å². The fourth-order valence-electron chi connectivity index (χ4n) is 11.5. The smallest absolute Gasteiger partial charge is 0.340 e. The third kappa shape index (κ3) is 4.28. The molecule has 10 unspecified atom stereocenters. The number of benzene rings is 1. The SMILES string of the molecule is CC(=O)Nc1ccccc1C(=O)OCC12CCCC1C1CCC3C4(C)CCC(O)C(C)C4CCC3(C)C1CC2. The molecule has 0 heterocycles. The van der Waals surface area contributed by atoms with Gasteiger partial charge in [0.25, 0.3) is 0 Å². The summed E-state index contributed by atoms with van der Waals surface area (Å²) in [6, 6.07) is 7.17. The van der Waals surface area contributed by atoms with Crippen LogP contribution < -0.4 is 5.32 Å². The molecule has 39 heavy (non-hydrogen) atoms. The topological polar surface area (TPSA) is 75.6 Å². The van der Waals surface area contributed by atoms with Gasteiger partial charge in [-0.25, -0.2) is 4.79 Å². The van der Waals surface area contributed by atoms with Crippen molar-refractivity contribution in [3.8, 4) is 0 Å².